The molecule has 0 aliphatic carbocycles. The van der Waals surface area contributed by atoms with E-state index in [4.69, 9.17) is 4.74 Å². The van der Waals surface area contributed by atoms with Crippen molar-refractivity contribution >= 4 is 10.0 Å². The van der Waals surface area contributed by atoms with Crippen LogP contribution in [0.5, 0.6) is 0 Å². The van der Waals surface area contributed by atoms with Crippen LogP contribution >= 0.6 is 0 Å². The zero-order chi connectivity index (χ0) is 13.3. The normalized spacial score (nSPS) is 24.7. The molecule has 1 aliphatic heterocycles. The smallest absolute Gasteiger partial charge is 0.243 e. The molecule has 1 heterocycles. The summed E-state index contributed by atoms with van der Waals surface area (Å²) in [5.74, 6) is -0.450. The fourth-order valence-electron chi connectivity index (χ4n) is 2.15. The summed E-state index contributed by atoms with van der Waals surface area (Å²) in [4.78, 5) is 0.102. The van der Waals surface area contributed by atoms with E-state index in [1.807, 2.05) is 6.92 Å². The van der Waals surface area contributed by atoms with Gasteiger partial charge in [0.2, 0.25) is 10.0 Å². The van der Waals surface area contributed by atoms with Gasteiger partial charge in [-0.15, -0.1) is 0 Å². The van der Waals surface area contributed by atoms with Gasteiger partial charge in [-0.1, -0.05) is 0 Å². The minimum absolute atomic E-state index is 0.102. The monoisotopic (exact) mass is 273 g/mol. The maximum atomic E-state index is 12.8. The highest BCUT2D eigenvalue weighted by Crippen LogP contribution is 2.24. The van der Waals surface area contributed by atoms with E-state index in [0.29, 0.717) is 13.0 Å². The summed E-state index contributed by atoms with van der Waals surface area (Å²) in [6, 6.07) is 4.69. The third kappa shape index (κ3) is 2.41. The molecule has 4 nitrogen and oxygen atoms in total. The lowest BCUT2D eigenvalue weighted by molar-refractivity contribution is 0.102. The van der Waals surface area contributed by atoms with Crippen LogP contribution < -0.4 is 0 Å². The first kappa shape index (κ1) is 13.5. The zero-order valence-corrected chi connectivity index (χ0v) is 11.2. The summed E-state index contributed by atoms with van der Waals surface area (Å²) in [5, 5.41) is 0. The predicted octanol–water partition coefficient (Wildman–Crippen LogP) is 1.62. The number of ether oxygens (including phenoxy) is 1. The van der Waals surface area contributed by atoms with Crippen molar-refractivity contribution in [3.63, 3.8) is 0 Å². The van der Waals surface area contributed by atoms with Gasteiger partial charge in [0.15, 0.2) is 0 Å². The summed E-state index contributed by atoms with van der Waals surface area (Å²) in [5.41, 5.74) is 0. The number of nitrogens with zero attached hydrogens (tertiary/aromatic N) is 1. The lowest BCUT2D eigenvalue weighted by Crippen LogP contribution is -2.40. The van der Waals surface area contributed by atoms with Crippen molar-refractivity contribution in [3.05, 3.63) is 30.1 Å². The largest absolute Gasteiger partial charge is 0.377 e. The van der Waals surface area contributed by atoms with Crippen LogP contribution in [-0.4, -0.2) is 38.5 Å². The summed E-state index contributed by atoms with van der Waals surface area (Å²) in [7, 11) is -2.05. The molecule has 1 aliphatic rings. The number of sulfonamides is 1. The first-order valence-corrected chi connectivity index (χ1v) is 7.22. The highest BCUT2D eigenvalue weighted by molar-refractivity contribution is 7.89. The van der Waals surface area contributed by atoms with E-state index in [9.17, 15) is 12.8 Å². The number of hydrogen-bond acceptors (Lipinski definition) is 3. The summed E-state index contributed by atoms with van der Waals surface area (Å²) in [6.07, 6.45) is 0.558. The molecule has 1 aromatic rings. The van der Waals surface area contributed by atoms with Gasteiger partial charge in [-0.3, -0.25) is 0 Å². The molecule has 2 rings (SSSR count). The highest BCUT2D eigenvalue weighted by Gasteiger charge is 2.35. The van der Waals surface area contributed by atoms with Gasteiger partial charge in [-0.25, -0.2) is 12.8 Å². The van der Waals surface area contributed by atoms with Gasteiger partial charge in [0, 0.05) is 13.7 Å². The van der Waals surface area contributed by atoms with E-state index in [1.165, 1.54) is 23.5 Å². The third-order valence-corrected chi connectivity index (χ3v) is 5.19. The van der Waals surface area contributed by atoms with Crippen LogP contribution in [0.25, 0.3) is 0 Å². The molecule has 0 N–H and O–H groups in total. The molecule has 1 fully saturated rings. The minimum Gasteiger partial charge on any atom is -0.377 e. The van der Waals surface area contributed by atoms with Crippen LogP contribution in [0.4, 0.5) is 4.39 Å². The Balaban J connectivity index is 2.28. The van der Waals surface area contributed by atoms with Crippen molar-refractivity contribution in [1.29, 1.82) is 0 Å². The van der Waals surface area contributed by atoms with E-state index in [-0.39, 0.29) is 17.0 Å². The van der Waals surface area contributed by atoms with Crippen molar-refractivity contribution in [1.82, 2.24) is 4.31 Å². The summed E-state index contributed by atoms with van der Waals surface area (Å²) in [6.45, 7) is 2.42. The molecule has 6 heteroatoms. The molecule has 0 radical (unpaired) electrons. The van der Waals surface area contributed by atoms with E-state index in [1.54, 1.807) is 0 Å². The Morgan fingerprint density at radius 3 is 2.44 bits per heavy atom. The molecule has 0 amide bonds. The Morgan fingerprint density at radius 2 is 1.94 bits per heavy atom. The van der Waals surface area contributed by atoms with E-state index >= 15 is 0 Å². The number of hydrogen-bond donors (Lipinski definition) is 0. The Kier molecular flexibility index (Phi) is 3.70. The summed E-state index contributed by atoms with van der Waals surface area (Å²) >= 11 is 0. The molecule has 100 valence electrons. The second-order valence-electron chi connectivity index (χ2n) is 4.41. The molecule has 2 atom stereocenters. The standard InChI is InChI=1S/C12H16FNO3S/c1-9-12(7-8-17-9)14(2)18(15,16)11-5-3-10(13)4-6-11/h3-6,9,12H,7-8H2,1-2H3. The second-order valence-corrected chi connectivity index (χ2v) is 6.40. The van der Waals surface area contributed by atoms with E-state index in [2.05, 4.69) is 0 Å². The van der Waals surface area contributed by atoms with Crippen molar-refractivity contribution in [2.75, 3.05) is 13.7 Å². The Labute approximate surface area is 106 Å². The molecular weight excluding hydrogens is 257 g/mol. The Bertz CT molecular complexity index is 515. The first-order chi connectivity index (χ1) is 8.43. The van der Waals surface area contributed by atoms with E-state index < -0.39 is 15.8 Å². The molecule has 18 heavy (non-hydrogen) atoms. The fraction of sp³-hybridized carbons (Fsp3) is 0.500. The Hall–Kier alpha value is -0.980. The predicted molar refractivity (Wildman–Crippen MR) is 65.2 cm³/mol. The van der Waals surface area contributed by atoms with Crippen LogP contribution in [-0.2, 0) is 14.8 Å². The van der Waals surface area contributed by atoms with Crippen LogP contribution in [0, 0.1) is 5.82 Å². The lowest BCUT2D eigenvalue weighted by Gasteiger charge is -2.25. The van der Waals surface area contributed by atoms with Gasteiger partial charge < -0.3 is 4.74 Å². The first-order valence-electron chi connectivity index (χ1n) is 5.78. The number of halogens is 1. The van der Waals surface area contributed by atoms with Crippen molar-refractivity contribution in [2.45, 2.75) is 30.4 Å². The zero-order valence-electron chi connectivity index (χ0n) is 10.3. The number of likely N-dealkylation sites (N-methyl/N-ethyl adjacent to an activating group) is 1. The average molecular weight is 273 g/mol. The third-order valence-electron chi connectivity index (χ3n) is 3.29. The highest BCUT2D eigenvalue weighted by atomic mass is 32.2. The topological polar surface area (TPSA) is 46.6 Å². The van der Waals surface area contributed by atoms with Crippen LogP contribution in [0.2, 0.25) is 0 Å². The molecule has 1 aromatic carbocycles. The molecular formula is C12H16FNO3S. The maximum absolute atomic E-state index is 12.8. The van der Waals surface area contributed by atoms with E-state index in [0.717, 1.165) is 12.1 Å². The van der Waals surface area contributed by atoms with Gasteiger partial charge >= 0.3 is 0 Å². The van der Waals surface area contributed by atoms with Crippen LogP contribution in [0.3, 0.4) is 0 Å². The van der Waals surface area contributed by atoms with Crippen LogP contribution in [0.1, 0.15) is 13.3 Å². The Morgan fingerprint density at radius 1 is 1.33 bits per heavy atom. The SMILES string of the molecule is CC1OCCC1N(C)S(=O)(=O)c1ccc(F)cc1. The molecule has 1 saturated heterocycles. The summed E-state index contributed by atoms with van der Waals surface area (Å²) < 4.78 is 44.1. The lowest BCUT2D eigenvalue weighted by atomic mass is 10.2. The van der Waals surface area contributed by atoms with Gasteiger partial charge in [0.1, 0.15) is 5.82 Å². The average Bonchev–Trinajstić information content (AvgIpc) is 2.75. The fourth-order valence-corrected chi connectivity index (χ4v) is 3.59. The minimum atomic E-state index is -3.59. The van der Waals surface area contributed by atoms with Crippen molar-refractivity contribution in [3.8, 4) is 0 Å². The van der Waals surface area contributed by atoms with Gasteiger partial charge in [0.05, 0.1) is 17.0 Å². The molecule has 0 aromatic heterocycles. The van der Waals surface area contributed by atoms with Gasteiger partial charge in [0.25, 0.3) is 0 Å². The number of benzene rings is 1. The van der Waals surface area contributed by atoms with Crippen LogP contribution in [0.15, 0.2) is 29.2 Å². The second kappa shape index (κ2) is 4.95. The molecule has 2 unspecified atom stereocenters. The molecule has 0 bridgehead atoms. The molecule has 0 saturated carbocycles. The quantitative estimate of drug-likeness (QED) is 0.841. The van der Waals surface area contributed by atoms with Gasteiger partial charge in [-0.2, -0.15) is 4.31 Å². The molecule has 0 spiro atoms. The van der Waals surface area contributed by atoms with Gasteiger partial charge in [-0.05, 0) is 37.6 Å². The van der Waals surface area contributed by atoms with Crippen molar-refractivity contribution in [2.24, 2.45) is 0 Å². The maximum Gasteiger partial charge on any atom is 0.243 e. The number of rotatable bonds is 3. The van der Waals surface area contributed by atoms with Crippen molar-refractivity contribution < 1.29 is 17.5 Å².